The molecule has 2 aliphatic rings. The number of morpholine rings is 1. The fourth-order valence-corrected chi connectivity index (χ4v) is 3.94. The van der Waals surface area contributed by atoms with Gasteiger partial charge < -0.3 is 15.8 Å². The van der Waals surface area contributed by atoms with Crippen molar-refractivity contribution in [2.24, 2.45) is 17.6 Å². The summed E-state index contributed by atoms with van der Waals surface area (Å²) in [5, 5.41) is 3.21. The summed E-state index contributed by atoms with van der Waals surface area (Å²) in [7, 11) is 0. The van der Waals surface area contributed by atoms with Crippen molar-refractivity contribution >= 4 is 30.7 Å². The predicted molar refractivity (Wildman–Crippen MR) is 103 cm³/mol. The van der Waals surface area contributed by atoms with E-state index in [2.05, 4.69) is 24.1 Å². The van der Waals surface area contributed by atoms with Gasteiger partial charge in [0.2, 0.25) is 5.91 Å². The van der Waals surface area contributed by atoms with Crippen molar-refractivity contribution in [2.75, 3.05) is 32.8 Å². The van der Waals surface area contributed by atoms with Gasteiger partial charge in [-0.1, -0.05) is 26.7 Å². The SMILES string of the molecule is CCC(CC)C(CNC(=O)C1CCC(N)C1)N1CCOCC1.Cl.Cl. The summed E-state index contributed by atoms with van der Waals surface area (Å²) in [6.45, 7) is 8.83. The lowest BCUT2D eigenvalue weighted by molar-refractivity contribution is -0.125. The molecule has 1 heterocycles. The van der Waals surface area contributed by atoms with Crippen LogP contribution in [0.5, 0.6) is 0 Å². The molecule has 1 saturated heterocycles. The third-order valence-electron chi connectivity index (χ3n) is 5.44. The fraction of sp³-hybridized carbons (Fsp3) is 0.941. The van der Waals surface area contributed by atoms with Crippen LogP contribution in [-0.4, -0.2) is 55.7 Å². The smallest absolute Gasteiger partial charge is 0.223 e. The number of carbonyl (C=O) groups excluding carboxylic acids is 1. The molecule has 0 aromatic rings. The first-order chi connectivity index (χ1) is 10.7. The average Bonchev–Trinajstić information content (AvgIpc) is 2.98. The first kappa shape index (κ1) is 23.9. The minimum absolute atomic E-state index is 0. The summed E-state index contributed by atoms with van der Waals surface area (Å²) in [5.74, 6) is 0.962. The van der Waals surface area contributed by atoms with Crippen LogP contribution in [-0.2, 0) is 9.53 Å². The molecule has 144 valence electrons. The highest BCUT2D eigenvalue weighted by molar-refractivity contribution is 5.85. The van der Waals surface area contributed by atoms with Crippen LogP contribution in [0.1, 0.15) is 46.0 Å². The molecule has 1 aliphatic carbocycles. The second-order valence-electron chi connectivity index (χ2n) is 6.81. The first-order valence-corrected chi connectivity index (χ1v) is 9.00. The maximum absolute atomic E-state index is 12.4. The van der Waals surface area contributed by atoms with Crippen LogP contribution in [0.4, 0.5) is 0 Å². The highest BCUT2D eigenvalue weighted by Gasteiger charge is 2.30. The summed E-state index contributed by atoms with van der Waals surface area (Å²) in [5.41, 5.74) is 5.92. The first-order valence-electron chi connectivity index (χ1n) is 9.00. The van der Waals surface area contributed by atoms with Crippen LogP contribution >= 0.6 is 24.8 Å². The van der Waals surface area contributed by atoms with E-state index in [9.17, 15) is 4.79 Å². The Bertz CT molecular complexity index is 351. The zero-order valence-corrected chi connectivity index (χ0v) is 16.7. The third-order valence-corrected chi connectivity index (χ3v) is 5.44. The van der Waals surface area contributed by atoms with Crippen molar-refractivity contribution in [1.29, 1.82) is 0 Å². The summed E-state index contributed by atoms with van der Waals surface area (Å²) < 4.78 is 5.47. The van der Waals surface area contributed by atoms with Crippen molar-refractivity contribution < 1.29 is 9.53 Å². The number of carbonyl (C=O) groups is 1. The number of nitrogens with zero attached hydrogens (tertiary/aromatic N) is 1. The Hall–Kier alpha value is -0.0700. The maximum atomic E-state index is 12.4. The average molecular weight is 384 g/mol. The highest BCUT2D eigenvalue weighted by Crippen LogP contribution is 2.24. The van der Waals surface area contributed by atoms with E-state index < -0.39 is 0 Å². The quantitative estimate of drug-likeness (QED) is 0.706. The molecule has 0 radical (unpaired) electrons. The van der Waals surface area contributed by atoms with Gasteiger partial charge in [-0.05, 0) is 25.2 Å². The van der Waals surface area contributed by atoms with Crippen LogP contribution in [0.25, 0.3) is 0 Å². The fourth-order valence-electron chi connectivity index (χ4n) is 3.94. The van der Waals surface area contributed by atoms with Gasteiger partial charge >= 0.3 is 0 Å². The van der Waals surface area contributed by atoms with Crippen LogP contribution in [0, 0.1) is 11.8 Å². The van der Waals surface area contributed by atoms with Crippen molar-refractivity contribution in [2.45, 2.75) is 58.0 Å². The number of ether oxygens (including phenoxy) is 1. The van der Waals surface area contributed by atoms with Gasteiger partial charge in [0.15, 0.2) is 0 Å². The molecule has 2 fully saturated rings. The molecule has 1 saturated carbocycles. The standard InChI is InChI=1S/C17H33N3O2.2ClH/c1-3-13(4-2)16(20-7-9-22-10-8-20)12-19-17(21)14-5-6-15(18)11-14;;/h13-16H,3-12,18H2,1-2H3,(H,19,21);2*1H. The van der Waals surface area contributed by atoms with Crippen molar-refractivity contribution in [3.05, 3.63) is 0 Å². The lowest BCUT2D eigenvalue weighted by atomic mass is 9.92. The zero-order valence-electron chi connectivity index (χ0n) is 15.0. The molecule has 1 amide bonds. The third kappa shape index (κ3) is 6.68. The molecule has 3 atom stereocenters. The highest BCUT2D eigenvalue weighted by atomic mass is 35.5. The minimum atomic E-state index is 0. The number of hydrogen-bond donors (Lipinski definition) is 2. The number of amides is 1. The Morgan fingerprint density at radius 1 is 1.21 bits per heavy atom. The molecule has 0 aromatic heterocycles. The predicted octanol–water partition coefficient (Wildman–Crippen LogP) is 2.21. The normalized spacial score (nSPS) is 25.7. The van der Waals surface area contributed by atoms with Crippen LogP contribution < -0.4 is 11.1 Å². The van der Waals surface area contributed by atoms with E-state index in [0.29, 0.717) is 12.0 Å². The Balaban J connectivity index is 0.00000264. The van der Waals surface area contributed by atoms with Gasteiger partial charge in [0.25, 0.3) is 0 Å². The molecule has 1 aliphatic heterocycles. The monoisotopic (exact) mass is 383 g/mol. The van der Waals surface area contributed by atoms with Gasteiger partial charge in [-0.15, -0.1) is 24.8 Å². The second-order valence-corrected chi connectivity index (χ2v) is 6.81. The lowest BCUT2D eigenvalue weighted by Crippen LogP contribution is -2.52. The van der Waals surface area contributed by atoms with Crippen molar-refractivity contribution in [3.63, 3.8) is 0 Å². The molecule has 3 N–H and O–H groups in total. The van der Waals surface area contributed by atoms with E-state index in [1.54, 1.807) is 0 Å². The Labute approximate surface area is 159 Å². The van der Waals surface area contributed by atoms with Gasteiger partial charge in [-0.25, -0.2) is 0 Å². The molecule has 7 heteroatoms. The minimum Gasteiger partial charge on any atom is -0.379 e. The Morgan fingerprint density at radius 2 is 1.83 bits per heavy atom. The molecule has 2 rings (SSSR count). The van der Waals surface area contributed by atoms with Crippen LogP contribution in [0.2, 0.25) is 0 Å². The number of hydrogen-bond acceptors (Lipinski definition) is 4. The van der Waals surface area contributed by atoms with Gasteiger partial charge in [0.1, 0.15) is 0 Å². The van der Waals surface area contributed by atoms with Gasteiger partial charge in [-0.2, -0.15) is 0 Å². The zero-order chi connectivity index (χ0) is 15.9. The van der Waals surface area contributed by atoms with Gasteiger partial charge in [0.05, 0.1) is 13.2 Å². The summed E-state index contributed by atoms with van der Waals surface area (Å²) in [6.07, 6.45) is 5.09. The van der Waals surface area contributed by atoms with E-state index in [0.717, 1.165) is 65.0 Å². The van der Waals surface area contributed by atoms with E-state index in [1.807, 2.05) is 0 Å². The summed E-state index contributed by atoms with van der Waals surface area (Å²) >= 11 is 0. The molecule has 0 spiro atoms. The largest absolute Gasteiger partial charge is 0.379 e. The molecular formula is C17H35Cl2N3O2. The van der Waals surface area contributed by atoms with Crippen molar-refractivity contribution in [3.8, 4) is 0 Å². The summed E-state index contributed by atoms with van der Waals surface area (Å²) in [6, 6.07) is 0.641. The topological polar surface area (TPSA) is 67.6 Å². The van der Waals surface area contributed by atoms with Crippen molar-refractivity contribution in [1.82, 2.24) is 10.2 Å². The lowest BCUT2D eigenvalue weighted by Gasteiger charge is -2.39. The maximum Gasteiger partial charge on any atom is 0.223 e. The second kappa shape index (κ2) is 12.3. The van der Waals surface area contributed by atoms with Gasteiger partial charge in [0, 0.05) is 37.6 Å². The number of rotatable bonds is 7. The molecule has 5 nitrogen and oxygen atoms in total. The Kier molecular flexibility index (Phi) is 12.3. The van der Waals surface area contributed by atoms with Crippen LogP contribution in [0.15, 0.2) is 0 Å². The summed E-state index contributed by atoms with van der Waals surface area (Å²) in [4.78, 5) is 14.9. The molecule has 0 aromatic carbocycles. The molecule has 3 unspecified atom stereocenters. The van der Waals surface area contributed by atoms with Crippen LogP contribution in [0.3, 0.4) is 0 Å². The van der Waals surface area contributed by atoms with E-state index in [4.69, 9.17) is 10.5 Å². The van der Waals surface area contributed by atoms with E-state index in [-0.39, 0.29) is 42.7 Å². The molecular weight excluding hydrogens is 349 g/mol. The van der Waals surface area contributed by atoms with E-state index in [1.165, 1.54) is 0 Å². The van der Waals surface area contributed by atoms with E-state index >= 15 is 0 Å². The molecule has 24 heavy (non-hydrogen) atoms. The number of halogens is 2. The number of nitrogens with two attached hydrogens (primary N) is 1. The Morgan fingerprint density at radius 3 is 2.33 bits per heavy atom. The van der Waals surface area contributed by atoms with Gasteiger partial charge in [-0.3, -0.25) is 9.69 Å². The number of nitrogens with one attached hydrogen (secondary N) is 1. The molecule has 0 bridgehead atoms.